The summed E-state index contributed by atoms with van der Waals surface area (Å²) in [6.07, 6.45) is 5.31. The van der Waals surface area contributed by atoms with Gasteiger partial charge in [0, 0.05) is 29.5 Å². The van der Waals surface area contributed by atoms with Crippen molar-refractivity contribution < 1.29 is 38.1 Å². The Kier molecular flexibility index (Phi) is 14.0. The molecule has 3 heterocycles. The molecular formula is C29H40N6O8S. The Balaban J connectivity index is 0.893. The van der Waals surface area contributed by atoms with Gasteiger partial charge in [-0.25, -0.2) is 9.48 Å². The predicted octanol–water partition coefficient (Wildman–Crippen LogP) is 1.06. The molecule has 1 aromatic heterocycles. The number of aldehydes is 1. The number of nitrogens with zero attached hydrogens (tertiary/aromatic N) is 3. The molecule has 2 fully saturated rings. The highest BCUT2D eigenvalue weighted by Gasteiger charge is 2.42. The predicted molar refractivity (Wildman–Crippen MR) is 161 cm³/mol. The van der Waals surface area contributed by atoms with E-state index in [1.165, 1.54) is 0 Å². The van der Waals surface area contributed by atoms with E-state index in [-0.39, 0.29) is 36.9 Å². The first kappa shape index (κ1) is 33.5. The lowest BCUT2D eigenvalue weighted by atomic mass is 10.0. The first-order chi connectivity index (χ1) is 21.5. The lowest BCUT2D eigenvalue weighted by molar-refractivity contribution is -0.121. The lowest BCUT2D eigenvalue weighted by Crippen LogP contribution is -2.36. The van der Waals surface area contributed by atoms with Crippen molar-refractivity contribution in [1.82, 2.24) is 30.9 Å². The maximum Gasteiger partial charge on any atom is 0.315 e. The molecule has 240 valence electrons. The van der Waals surface area contributed by atoms with Crippen molar-refractivity contribution in [2.24, 2.45) is 0 Å². The summed E-state index contributed by atoms with van der Waals surface area (Å²) in [5.74, 6) is 0.412. The number of fused-ring (bicyclic) bond motifs is 1. The number of hydrogen-bond acceptors (Lipinski definition) is 11. The van der Waals surface area contributed by atoms with E-state index in [0.717, 1.165) is 25.0 Å². The van der Waals surface area contributed by atoms with E-state index in [2.05, 4.69) is 26.3 Å². The second-order valence-corrected chi connectivity index (χ2v) is 11.6. The molecule has 3 N–H and O–H groups in total. The number of unbranched alkanes of at least 4 members (excludes halogenated alkanes) is 1. The van der Waals surface area contributed by atoms with Crippen molar-refractivity contribution in [1.29, 1.82) is 0 Å². The van der Waals surface area contributed by atoms with E-state index in [9.17, 15) is 19.2 Å². The van der Waals surface area contributed by atoms with Crippen molar-refractivity contribution in [2.75, 3.05) is 58.5 Å². The van der Waals surface area contributed by atoms with Crippen LogP contribution in [0.1, 0.15) is 41.7 Å². The Hall–Kier alpha value is -3.37. The minimum Gasteiger partial charge on any atom is -0.377 e. The summed E-state index contributed by atoms with van der Waals surface area (Å²) >= 11 is 1.89. The van der Waals surface area contributed by atoms with Gasteiger partial charge in [0.05, 0.1) is 76.8 Å². The van der Waals surface area contributed by atoms with Gasteiger partial charge >= 0.3 is 6.03 Å². The number of Topliss-reactive ketones (excluding diaryl/α,β-unsaturated/α-hetero) is 1. The molecule has 2 aliphatic heterocycles. The van der Waals surface area contributed by atoms with E-state index >= 15 is 0 Å². The topological polar surface area (TPSA) is 172 Å². The Labute approximate surface area is 260 Å². The second-order valence-electron chi connectivity index (χ2n) is 10.3. The zero-order chi connectivity index (χ0) is 31.0. The standard InChI is InChI=1S/C29H40N6O8S/c36-18-25(37)21-5-7-23(8-6-21)35-17-22(33-34-35)19-43-16-15-42-14-13-41-12-11-40-10-9-30-27(38)4-2-1-3-26-28-24(20-44-26)31-29(39)32-28/h5-8,17-18,24,26,28H,1-4,9-16,19-20H2,(H,30,38)(H2,31,32,39)/t24-,26+,28+/m0/s1. The number of urea groups is 1. The van der Waals surface area contributed by atoms with E-state index in [1.54, 1.807) is 35.1 Å². The second kappa shape index (κ2) is 18.4. The van der Waals surface area contributed by atoms with Crippen LogP contribution in [0.5, 0.6) is 0 Å². The molecule has 3 atom stereocenters. The average molecular weight is 633 g/mol. The van der Waals surface area contributed by atoms with Crippen LogP contribution in [0.4, 0.5) is 4.79 Å². The highest BCUT2D eigenvalue weighted by Crippen LogP contribution is 2.33. The monoisotopic (exact) mass is 632 g/mol. The highest BCUT2D eigenvalue weighted by atomic mass is 32.2. The number of hydrogen-bond donors (Lipinski definition) is 3. The van der Waals surface area contributed by atoms with Crippen molar-refractivity contribution in [3.8, 4) is 5.69 Å². The molecule has 0 bridgehead atoms. The van der Waals surface area contributed by atoms with Crippen LogP contribution in [0.2, 0.25) is 0 Å². The number of amides is 3. The van der Waals surface area contributed by atoms with Crippen LogP contribution in [0.25, 0.3) is 5.69 Å². The summed E-state index contributed by atoms with van der Waals surface area (Å²) in [6, 6.07) is 6.88. The normalized spacial score (nSPS) is 18.9. The fourth-order valence-electron chi connectivity index (χ4n) is 4.80. The molecule has 0 saturated carbocycles. The largest absolute Gasteiger partial charge is 0.377 e. The Morgan fingerprint density at radius 3 is 2.41 bits per heavy atom. The molecule has 0 unspecified atom stereocenters. The van der Waals surface area contributed by atoms with Crippen LogP contribution in [0.3, 0.4) is 0 Å². The molecule has 15 heteroatoms. The number of aromatic nitrogens is 3. The van der Waals surface area contributed by atoms with Crippen LogP contribution in [-0.2, 0) is 35.1 Å². The van der Waals surface area contributed by atoms with E-state index in [1.807, 2.05) is 11.8 Å². The zero-order valence-corrected chi connectivity index (χ0v) is 25.4. The van der Waals surface area contributed by atoms with Crippen molar-refractivity contribution in [3.63, 3.8) is 0 Å². The van der Waals surface area contributed by atoms with E-state index in [0.29, 0.717) is 81.4 Å². The minimum absolute atomic E-state index is 0.0307. The van der Waals surface area contributed by atoms with Gasteiger partial charge in [-0.2, -0.15) is 11.8 Å². The molecule has 2 saturated heterocycles. The summed E-state index contributed by atoms with van der Waals surface area (Å²) in [5, 5.41) is 17.4. The summed E-state index contributed by atoms with van der Waals surface area (Å²) in [6.45, 7) is 3.73. The van der Waals surface area contributed by atoms with Crippen molar-refractivity contribution in [3.05, 3.63) is 41.7 Å². The molecule has 2 aliphatic rings. The van der Waals surface area contributed by atoms with Gasteiger partial charge in [0.25, 0.3) is 0 Å². The zero-order valence-electron chi connectivity index (χ0n) is 24.6. The summed E-state index contributed by atoms with van der Waals surface area (Å²) in [5.41, 5.74) is 1.68. The first-order valence-electron chi connectivity index (χ1n) is 14.8. The number of ether oxygens (including phenoxy) is 4. The number of rotatable bonds is 22. The van der Waals surface area contributed by atoms with Crippen molar-refractivity contribution >= 4 is 35.8 Å². The van der Waals surface area contributed by atoms with Gasteiger partial charge < -0.3 is 34.9 Å². The minimum atomic E-state index is -0.572. The number of carbonyl (C=O) groups excluding carboxylic acids is 4. The van der Waals surface area contributed by atoms with E-state index in [4.69, 9.17) is 18.9 Å². The fourth-order valence-corrected chi connectivity index (χ4v) is 6.34. The van der Waals surface area contributed by atoms with Gasteiger partial charge in [0.1, 0.15) is 5.69 Å². The van der Waals surface area contributed by atoms with E-state index < -0.39 is 5.78 Å². The third-order valence-corrected chi connectivity index (χ3v) is 8.59. The molecule has 44 heavy (non-hydrogen) atoms. The van der Waals surface area contributed by atoms with Crippen LogP contribution in [0, 0.1) is 0 Å². The Bertz CT molecular complexity index is 1210. The Morgan fingerprint density at radius 1 is 0.977 bits per heavy atom. The van der Waals surface area contributed by atoms with Gasteiger partial charge in [0.2, 0.25) is 11.7 Å². The smallest absolute Gasteiger partial charge is 0.315 e. The average Bonchev–Trinajstić information content (AvgIpc) is 3.76. The van der Waals surface area contributed by atoms with Crippen LogP contribution >= 0.6 is 11.8 Å². The number of thioether (sulfide) groups is 1. The van der Waals surface area contributed by atoms with Crippen LogP contribution < -0.4 is 16.0 Å². The van der Waals surface area contributed by atoms with Gasteiger partial charge in [-0.05, 0) is 37.1 Å². The van der Waals surface area contributed by atoms with Crippen molar-refractivity contribution in [2.45, 2.75) is 49.6 Å². The molecule has 0 radical (unpaired) electrons. The third kappa shape index (κ3) is 11.0. The summed E-state index contributed by atoms with van der Waals surface area (Å²) in [4.78, 5) is 45.5. The SMILES string of the molecule is O=CC(=O)c1ccc(-n2cc(COCCOCCOCCOCCNC(=O)CCCC[C@H]3SC[C@@H]4NC(=O)N[C@H]43)nn2)cc1. The van der Waals surface area contributed by atoms with Crippen LogP contribution in [-0.4, -0.2) is 115 Å². The molecule has 14 nitrogen and oxygen atoms in total. The number of benzene rings is 1. The molecule has 0 aliphatic carbocycles. The number of carbonyl (C=O) groups is 4. The molecule has 1 aromatic carbocycles. The quantitative estimate of drug-likeness (QED) is 0.0557. The van der Waals surface area contributed by atoms with Gasteiger partial charge in [-0.3, -0.25) is 14.4 Å². The highest BCUT2D eigenvalue weighted by molar-refractivity contribution is 8.00. The summed E-state index contributed by atoms with van der Waals surface area (Å²) < 4.78 is 23.6. The maximum atomic E-state index is 12.0. The molecule has 3 amide bonds. The third-order valence-electron chi connectivity index (χ3n) is 7.08. The fraction of sp³-hybridized carbons (Fsp3) is 0.586. The number of ketones is 1. The number of nitrogens with one attached hydrogen (secondary N) is 3. The van der Waals surface area contributed by atoms with Gasteiger partial charge in [0.15, 0.2) is 6.29 Å². The molecular weight excluding hydrogens is 592 g/mol. The maximum absolute atomic E-state index is 12.0. The lowest BCUT2D eigenvalue weighted by Gasteiger charge is -2.16. The molecule has 2 aromatic rings. The van der Waals surface area contributed by atoms with Gasteiger partial charge in [-0.1, -0.05) is 11.6 Å². The molecule has 0 spiro atoms. The van der Waals surface area contributed by atoms with Crippen LogP contribution in [0.15, 0.2) is 30.5 Å². The first-order valence-corrected chi connectivity index (χ1v) is 15.9. The van der Waals surface area contributed by atoms with Gasteiger partial charge in [-0.15, -0.1) is 5.10 Å². The molecule has 4 rings (SSSR count). The Morgan fingerprint density at radius 2 is 1.68 bits per heavy atom. The summed E-state index contributed by atoms with van der Waals surface area (Å²) in [7, 11) is 0.